The fraction of sp³-hybridized carbons (Fsp3) is 0.455. The highest BCUT2D eigenvalue weighted by atomic mass is 14.8. The Bertz CT molecular complexity index is 156. The zero-order chi connectivity index (χ0) is 9.23. The molecular formula is C11H19N. The van der Waals surface area contributed by atoms with E-state index in [1.54, 1.807) is 0 Å². The maximum atomic E-state index is 3.62. The van der Waals surface area contributed by atoms with Gasteiger partial charge in [-0.3, -0.25) is 0 Å². The third-order valence-electron chi connectivity index (χ3n) is 1.58. The average molecular weight is 165 g/mol. The molecule has 1 heterocycles. The molecule has 1 aliphatic rings. The number of allylic oxidation sites excluding steroid dienone is 4. The largest absolute Gasteiger partial charge is 0.391 e. The molecule has 1 heteroatoms. The van der Waals surface area contributed by atoms with Crippen LogP contribution in [0.25, 0.3) is 0 Å². The summed E-state index contributed by atoms with van der Waals surface area (Å²) in [5.74, 6) is 0.610. The third-order valence-corrected chi connectivity index (χ3v) is 1.58. The van der Waals surface area contributed by atoms with Gasteiger partial charge in [-0.05, 0) is 18.5 Å². The Kier molecular flexibility index (Phi) is 7.46. The van der Waals surface area contributed by atoms with Crippen LogP contribution < -0.4 is 5.32 Å². The van der Waals surface area contributed by atoms with E-state index in [4.69, 9.17) is 0 Å². The second kappa shape index (κ2) is 8.12. The van der Waals surface area contributed by atoms with Crippen molar-refractivity contribution in [2.24, 2.45) is 5.92 Å². The minimum absolute atomic E-state index is 0.610. The van der Waals surface area contributed by atoms with E-state index < -0.39 is 0 Å². The second-order valence-electron chi connectivity index (χ2n) is 2.39. The Morgan fingerprint density at radius 1 is 1.50 bits per heavy atom. The zero-order valence-corrected chi connectivity index (χ0v) is 8.09. The SMILES string of the molecule is C=C/C=C\C1C=CNCC1.CC. The normalized spacial score (nSPS) is 21.0. The van der Waals surface area contributed by atoms with Crippen LogP contribution in [0.5, 0.6) is 0 Å². The van der Waals surface area contributed by atoms with Crippen molar-refractivity contribution in [2.75, 3.05) is 6.54 Å². The molecule has 1 aliphatic heterocycles. The van der Waals surface area contributed by atoms with Crippen molar-refractivity contribution in [2.45, 2.75) is 20.3 Å². The molecule has 0 radical (unpaired) electrons. The molecule has 68 valence electrons. The predicted octanol–water partition coefficient (Wildman–Crippen LogP) is 2.88. The summed E-state index contributed by atoms with van der Waals surface area (Å²) in [5.41, 5.74) is 0. The molecule has 1 rings (SSSR count). The summed E-state index contributed by atoms with van der Waals surface area (Å²) in [5, 5.41) is 3.15. The van der Waals surface area contributed by atoms with Gasteiger partial charge in [-0.2, -0.15) is 0 Å². The lowest BCUT2D eigenvalue weighted by Crippen LogP contribution is -2.15. The molecule has 1 nitrogen and oxygen atoms in total. The van der Waals surface area contributed by atoms with Gasteiger partial charge in [-0.1, -0.05) is 44.7 Å². The van der Waals surface area contributed by atoms with Crippen LogP contribution in [0.4, 0.5) is 0 Å². The zero-order valence-electron chi connectivity index (χ0n) is 8.09. The van der Waals surface area contributed by atoms with E-state index >= 15 is 0 Å². The standard InChI is InChI=1S/C9H13N.C2H6/c1-2-3-4-9-5-7-10-8-6-9;1-2/h2-5,7,9-10H,1,6,8H2;1-2H3/b4-3-;. The third kappa shape index (κ3) is 4.78. The molecule has 0 saturated heterocycles. The van der Waals surface area contributed by atoms with Gasteiger partial charge in [0.25, 0.3) is 0 Å². The van der Waals surface area contributed by atoms with Gasteiger partial charge < -0.3 is 5.32 Å². The summed E-state index contributed by atoms with van der Waals surface area (Å²) >= 11 is 0. The molecule has 0 amide bonds. The molecule has 0 aliphatic carbocycles. The highest BCUT2D eigenvalue weighted by Gasteiger charge is 2.01. The molecule has 1 atom stereocenters. The summed E-state index contributed by atoms with van der Waals surface area (Å²) in [6.45, 7) is 8.70. The first-order valence-corrected chi connectivity index (χ1v) is 4.63. The highest BCUT2D eigenvalue weighted by molar-refractivity contribution is 5.07. The lowest BCUT2D eigenvalue weighted by Gasteiger charge is -2.12. The van der Waals surface area contributed by atoms with Crippen LogP contribution >= 0.6 is 0 Å². The van der Waals surface area contributed by atoms with Gasteiger partial charge in [0.2, 0.25) is 0 Å². The van der Waals surface area contributed by atoms with Gasteiger partial charge in [0.15, 0.2) is 0 Å². The van der Waals surface area contributed by atoms with E-state index in [9.17, 15) is 0 Å². The van der Waals surface area contributed by atoms with Crippen LogP contribution in [0.1, 0.15) is 20.3 Å². The van der Waals surface area contributed by atoms with Crippen LogP contribution in [0.15, 0.2) is 37.1 Å². The Morgan fingerprint density at radius 3 is 2.75 bits per heavy atom. The van der Waals surface area contributed by atoms with Crippen molar-refractivity contribution >= 4 is 0 Å². The number of rotatable bonds is 2. The summed E-state index contributed by atoms with van der Waals surface area (Å²) in [7, 11) is 0. The average Bonchev–Trinajstić information content (AvgIpc) is 2.19. The highest BCUT2D eigenvalue weighted by Crippen LogP contribution is 2.08. The Labute approximate surface area is 75.9 Å². The summed E-state index contributed by atoms with van der Waals surface area (Å²) in [6.07, 6.45) is 11.4. The Morgan fingerprint density at radius 2 is 2.25 bits per heavy atom. The van der Waals surface area contributed by atoms with Gasteiger partial charge in [0, 0.05) is 6.54 Å². The van der Waals surface area contributed by atoms with E-state index in [0.29, 0.717) is 5.92 Å². The van der Waals surface area contributed by atoms with Crippen molar-refractivity contribution in [3.63, 3.8) is 0 Å². The molecular weight excluding hydrogens is 146 g/mol. The number of hydrogen-bond donors (Lipinski definition) is 1. The van der Waals surface area contributed by atoms with Crippen LogP contribution in [0, 0.1) is 5.92 Å². The predicted molar refractivity (Wildman–Crippen MR) is 55.9 cm³/mol. The van der Waals surface area contributed by atoms with Crippen molar-refractivity contribution in [3.05, 3.63) is 37.1 Å². The van der Waals surface area contributed by atoms with E-state index in [2.05, 4.69) is 24.0 Å². The molecule has 0 spiro atoms. The Balaban J connectivity index is 0.000000561. The molecule has 0 aromatic rings. The van der Waals surface area contributed by atoms with Crippen LogP contribution in [0.3, 0.4) is 0 Å². The molecule has 0 aromatic carbocycles. The Hall–Kier alpha value is -0.980. The van der Waals surface area contributed by atoms with Gasteiger partial charge >= 0.3 is 0 Å². The second-order valence-corrected chi connectivity index (χ2v) is 2.39. The number of nitrogens with one attached hydrogen (secondary N) is 1. The fourth-order valence-corrected chi connectivity index (χ4v) is 1.00. The maximum Gasteiger partial charge on any atom is 0.0149 e. The summed E-state index contributed by atoms with van der Waals surface area (Å²) < 4.78 is 0. The van der Waals surface area contributed by atoms with Crippen LogP contribution in [0.2, 0.25) is 0 Å². The maximum absolute atomic E-state index is 3.62. The summed E-state index contributed by atoms with van der Waals surface area (Å²) in [4.78, 5) is 0. The number of hydrogen-bond acceptors (Lipinski definition) is 1. The lowest BCUT2D eigenvalue weighted by molar-refractivity contribution is 0.635. The lowest BCUT2D eigenvalue weighted by atomic mass is 10.0. The van der Waals surface area contributed by atoms with Gasteiger partial charge in [0.1, 0.15) is 0 Å². The minimum Gasteiger partial charge on any atom is -0.391 e. The fourth-order valence-electron chi connectivity index (χ4n) is 1.00. The first-order chi connectivity index (χ1) is 5.93. The van der Waals surface area contributed by atoms with E-state index in [0.717, 1.165) is 6.54 Å². The topological polar surface area (TPSA) is 12.0 Å². The van der Waals surface area contributed by atoms with Crippen molar-refractivity contribution in [3.8, 4) is 0 Å². The van der Waals surface area contributed by atoms with Gasteiger partial charge in [0.05, 0.1) is 0 Å². The van der Waals surface area contributed by atoms with Crippen molar-refractivity contribution in [1.82, 2.24) is 5.32 Å². The van der Waals surface area contributed by atoms with Crippen LogP contribution in [-0.4, -0.2) is 6.54 Å². The molecule has 0 fully saturated rings. The summed E-state index contributed by atoms with van der Waals surface area (Å²) in [6, 6.07) is 0. The van der Waals surface area contributed by atoms with E-state index in [-0.39, 0.29) is 0 Å². The minimum atomic E-state index is 0.610. The van der Waals surface area contributed by atoms with Crippen molar-refractivity contribution < 1.29 is 0 Å². The quantitative estimate of drug-likeness (QED) is 0.620. The van der Waals surface area contributed by atoms with E-state index in [1.807, 2.05) is 32.2 Å². The molecule has 0 aromatic heterocycles. The molecule has 1 unspecified atom stereocenters. The molecule has 0 bridgehead atoms. The molecule has 1 N–H and O–H groups in total. The van der Waals surface area contributed by atoms with Gasteiger partial charge in [-0.15, -0.1) is 0 Å². The van der Waals surface area contributed by atoms with Crippen molar-refractivity contribution in [1.29, 1.82) is 0 Å². The monoisotopic (exact) mass is 165 g/mol. The molecule has 12 heavy (non-hydrogen) atoms. The first kappa shape index (κ1) is 11.0. The smallest absolute Gasteiger partial charge is 0.0149 e. The molecule has 0 saturated carbocycles. The van der Waals surface area contributed by atoms with Crippen LogP contribution in [-0.2, 0) is 0 Å². The van der Waals surface area contributed by atoms with Gasteiger partial charge in [-0.25, -0.2) is 0 Å². The first-order valence-electron chi connectivity index (χ1n) is 4.63. The van der Waals surface area contributed by atoms with E-state index in [1.165, 1.54) is 6.42 Å².